The number of piperidine rings is 1. The number of piperazine rings is 1. The standard InChI is InChI=1S/C21H26ClN3O5S/c1-15-18(21(30-20(15)27)6-8-25(9-7-21)31(2,28)29)19(26)24-12-10-23(11-13-24)17-5-3-4-16(22)14-17/h3-5,14H,6-13H2,1-2H3. The lowest BCUT2D eigenvalue weighted by Gasteiger charge is -2.41. The van der Waals surface area contributed by atoms with E-state index in [0.717, 1.165) is 11.9 Å². The van der Waals surface area contributed by atoms with Crippen molar-refractivity contribution < 1.29 is 22.7 Å². The minimum Gasteiger partial charge on any atom is -0.450 e. The third-order valence-corrected chi connectivity index (χ3v) is 7.92. The lowest BCUT2D eigenvalue weighted by Crippen LogP contribution is -2.53. The van der Waals surface area contributed by atoms with E-state index in [1.165, 1.54) is 4.31 Å². The summed E-state index contributed by atoms with van der Waals surface area (Å²) in [5.41, 5.74) is 0.694. The Morgan fingerprint density at radius 2 is 1.74 bits per heavy atom. The van der Waals surface area contributed by atoms with Crippen LogP contribution in [0.25, 0.3) is 0 Å². The van der Waals surface area contributed by atoms with Gasteiger partial charge in [-0.15, -0.1) is 0 Å². The maximum atomic E-state index is 13.5. The molecule has 3 aliphatic heterocycles. The van der Waals surface area contributed by atoms with E-state index in [1.54, 1.807) is 11.8 Å². The SMILES string of the molecule is CC1=C(C(=O)N2CCN(c3cccc(Cl)c3)CC2)C2(CCN(S(C)(=O)=O)CC2)OC1=O. The van der Waals surface area contributed by atoms with Crippen molar-refractivity contribution >= 4 is 39.2 Å². The zero-order valence-corrected chi connectivity index (χ0v) is 19.2. The van der Waals surface area contributed by atoms with Crippen molar-refractivity contribution in [2.45, 2.75) is 25.4 Å². The highest BCUT2D eigenvalue weighted by atomic mass is 35.5. The predicted octanol–water partition coefficient (Wildman–Crippen LogP) is 1.66. The fourth-order valence-electron chi connectivity index (χ4n) is 4.63. The third-order valence-electron chi connectivity index (χ3n) is 6.38. The van der Waals surface area contributed by atoms with E-state index in [1.807, 2.05) is 24.3 Å². The molecule has 31 heavy (non-hydrogen) atoms. The van der Waals surface area contributed by atoms with Gasteiger partial charge in [0.25, 0.3) is 5.91 Å². The molecule has 3 aliphatic rings. The summed E-state index contributed by atoms with van der Waals surface area (Å²) in [5, 5.41) is 0.667. The Bertz CT molecular complexity index is 1040. The molecule has 4 rings (SSSR count). The second-order valence-corrected chi connectivity index (χ2v) is 10.7. The lowest BCUT2D eigenvalue weighted by atomic mass is 9.83. The highest BCUT2D eigenvalue weighted by Gasteiger charge is 2.52. The number of sulfonamides is 1. The van der Waals surface area contributed by atoms with Crippen molar-refractivity contribution in [2.75, 3.05) is 50.4 Å². The predicted molar refractivity (Wildman–Crippen MR) is 117 cm³/mol. The van der Waals surface area contributed by atoms with Crippen molar-refractivity contribution in [3.63, 3.8) is 0 Å². The van der Waals surface area contributed by atoms with Gasteiger partial charge in [0.15, 0.2) is 0 Å². The molecule has 0 radical (unpaired) electrons. The first kappa shape index (κ1) is 22.1. The van der Waals surface area contributed by atoms with Crippen LogP contribution in [0.1, 0.15) is 19.8 Å². The number of anilines is 1. The average molecular weight is 468 g/mol. The number of hydrogen-bond acceptors (Lipinski definition) is 6. The van der Waals surface area contributed by atoms with Crippen LogP contribution in [-0.2, 0) is 24.3 Å². The van der Waals surface area contributed by atoms with E-state index in [4.69, 9.17) is 16.3 Å². The lowest BCUT2D eigenvalue weighted by molar-refractivity contribution is -0.150. The van der Waals surface area contributed by atoms with Crippen LogP contribution >= 0.6 is 11.6 Å². The first-order chi connectivity index (χ1) is 14.6. The Balaban J connectivity index is 1.49. The van der Waals surface area contributed by atoms with Crippen LogP contribution in [-0.4, -0.2) is 80.6 Å². The molecule has 0 aliphatic carbocycles. The molecule has 0 aromatic heterocycles. The van der Waals surface area contributed by atoms with Crippen LogP contribution in [0.15, 0.2) is 35.4 Å². The molecule has 10 heteroatoms. The maximum Gasteiger partial charge on any atom is 0.335 e. The van der Waals surface area contributed by atoms with E-state index in [-0.39, 0.29) is 31.8 Å². The normalized spacial score (nSPS) is 22.2. The van der Waals surface area contributed by atoms with Crippen molar-refractivity contribution in [3.05, 3.63) is 40.4 Å². The van der Waals surface area contributed by atoms with Crippen molar-refractivity contribution in [2.24, 2.45) is 0 Å². The van der Waals surface area contributed by atoms with Gasteiger partial charge in [0.2, 0.25) is 10.0 Å². The molecule has 1 amide bonds. The van der Waals surface area contributed by atoms with Gasteiger partial charge in [-0.3, -0.25) is 4.79 Å². The smallest absolute Gasteiger partial charge is 0.335 e. The van der Waals surface area contributed by atoms with Crippen LogP contribution in [0, 0.1) is 0 Å². The number of halogens is 1. The largest absolute Gasteiger partial charge is 0.450 e. The van der Waals surface area contributed by atoms with Crippen LogP contribution in [0.5, 0.6) is 0 Å². The molecule has 3 heterocycles. The topological polar surface area (TPSA) is 87.2 Å². The van der Waals surface area contributed by atoms with Gasteiger partial charge < -0.3 is 14.5 Å². The number of carbonyl (C=O) groups excluding carboxylic acids is 2. The Kier molecular flexibility index (Phi) is 5.78. The number of esters is 1. The minimum absolute atomic E-state index is 0.193. The number of rotatable bonds is 3. The van der Waals surface area contributed by atoms with Crippen LogP contribution < -0.4 is 4.90 Å². The molecule has 8 nitrogen and oxygen atoms in total. The molecule has 0 unspecified atom stereocenters. The average Bonchev–Trinajstić information content (AvgIpc) is 2.96. The first-order valence-electron chi connectivity index (χ1n) is 10.3. The third kappa shape index (κ3) is 4.18. The number of benzene rings is 1. The Labute approximate surface area is 187 Å². The van der Waals surface area contributed by atoms with Gasteiger partial charge in [-0.2, -0.15) is 0 Å². The van der Waals surface area contributed by atoms with E-state index in [0.29, 0.717) is 42.3 Å². The molecule has 2 fully saturated rings. The highest BCUT2D eigenvalue weighted by molar-refractivity contribution is 7.88. The zero-order valence-electron chi connectivity index (χ0n) is 17.6. The van der Waals surface area contributed by atoms with Crippen molar-refractivity contribution in [3.8, 4) is 0 Å². The van der Waals surface area contributed by atoms with E-state index < -0.39 is 21.6 Å². The number of hydrogen-bond donors (Lipinski definition) is 0. The van der Waals surface area contributed by atoms with Gasteiger partial charge in [0.05, 0.1) is 11.8 Å². The molecular formula is C21H26ClN3O5S. The quantitative estimate of drug-likeness (QED) is 0.628. The number of carbonyl (C=O) groups is 2. The number of amides is 1. The Morgan fingerprint density at radius 1 is 1.10 bits per heavy atom. The molecule has 0 bridgehead atoms. The molecule has 1 aromatic rings. The fourth-order valence-corrected chi connectivity index (χ4v) is 5.66. The molecule has 0 N–H and O–H groups in total. The summed E-state index contributed by atoms with van der Waals surface area (Å²) in [6.45, 7) is 4.40. The van der Waals surface area contributed by atoms with Crippen molar-refractivity contribution in [1.29, 1.82) is 0 Å². The molecular weight excluding hydrogens is 442 g/mol. The summed E-state index contributed by atoms with van der Waals surface area (Å²) in [5.74, 6) is -0.685. The van der Waals surface area contributed by atoms with Gasteiger partial charge in [0, 0.05) is 68.4 Å². The molecule has 0 saturated carbocycles. The van der Waals surface area contributed by atoms with Gasteiger partial charge >= 0.3 is 5.97 Å². The summed E-state index contributed by atoms with van der Waals surface area (Å²) < 4.78 is 30.8. The van der Waals surface area contributed by atoms with E-state index in [9.17, 15) is 18.0 Å². The number of ether oxygens (including phenoxy) is 1. The zero-order chi connectivity index (χ0) is 22.4. The molecule has 2 saturated heterocycles. The molecule has 1 spiro atoms. The second kappa shape index (κ2) is 8.11. The van der Waals surface area contributed by atoms with E-state index in [2.05, 4.69) is 4.90 Å². The van der Waals surface area contributed by atoms with E-state index >= 15 is 0 Å². The van der Waals surface area contributed by atoms with Gasteiger partial charge in [-0.25, -0.2) is 17.5 Å². The van der Waals surface area contributed by atoms with Gasteiger partial charge in [0.1, 0.15) is 5.60 Å². The Hall–Kier alpha value is -2.10. The molecule has 0 atom stereocenters. The summed E-state index contributed by atoms with van der Waals surface area (Å²) in [4.78, 5) is 29.8. The van der Waals surface area contributed by atoms with Crippen LogP contribution in [0.3, 0.4) is 0 Å². The molecule has 1 aromatic carbocycles. The monoisotopic (exact) mass is 467 g/mol. The van der Waals surface area contributed by atoms with Gasteiger partial charge in [-0.05, 0) is 25.1 Å². The van der Waals surface area contributed by atoms with Crippen LogP contribution in [0.2, 0.25) is 5.02 Å². The van der Waals surface area contributed by atoms with Crippen molar-refractivity contribution in [1.82, 2.24) is 9.21 Å². The van der Waals surface area contributed by atoms with Gasteiger partial charge in [-0.1, -0.05) is 17.7 Å². The minimum atomic E-state index is -3.33. The summed E-state index contributed by atoms with van der Waals surface area (Å²) >= 11 is 6.10. The summed E-state index contributed by atoms with van der Waals surface area (Å²) in [6.07, 6.45) is 1.73. The first-order valence-corrected chi connectivity index (χ1v) is 12.5. The maximum absolute atomic E-state index is 13.5. The highest BCUT2D eigenvalue weighted by Crippen LogP contribution is 2.42. The summed E-state index contributed by atoms with van der Waals surface area (Å²) in [7, 11) is -3.33. The Morgan fingerprint density at radius 3 is 2.32 bits per heavy atom. The second-order valence-electron chi connectivity index (χ2n) is 8.30. The number of nitrogens with zero attached hydrogens (tertiary/aromatic N) is 3. The summed E-state index contributed by atoms with van der Waals surface area (Å²) in [6, 6.07) is 7.62. The van der Waals surface area contributed by atoms with Crippen LogP contribution in [0.4, 0.5) is 5.69 Å². The molecule has 168 valence electrons. The fraction of sp³-hybridized carbons (Fsp3) is 0.524.